The topological polar surface area (TPSA) is 29.5 Å². The minimum atomic E-state index is -0.613. The van der Waals surface area contributed by atoms with Gasteiger partial charge in [-0.1, -0.05) is 11.6 Å². The van der Waals surface area contributed by atoms with Gasteiger partial charge in [-0.15, -0.1) is 0 Å². The van der Waals surface area contributed by atoms with Gasteiger partial charge in [-0.3, -0.25) is 0 Å². The third-order valence-electron chi connectivity index (χ3n) is 1.90. The summed E-state index contributed by atoms with van der Waals surface area (Å²) in [6, 6.07) is 5.47. The molecule has 84 valence electrons. The van der Waals surface area contributed by atoms with Crippen molar-refractivity contribution in [3.05, 3.63) is 32.4 Å². The van der Waals surface area contributed by atoms with Crippen molar-refractivity contribution < 1.29 is 9.84 Å². The van der Waals surface area contributed by atoms with Crippen LogP contribution in [-0.2, 0) is 4.74 Å². The lowest BCUT2D eigenvalue weighted by molar-refractivity contribution is 0.00462. The molecular formula is C11H14ClIO2. The Morgan fingerprint density at radius 3 is 2.73 bits per heavy atom. The summed E-state index contributed by atoms with van der Waals surface area (Å²) in [5, 5.41) is 10.5. The molecule has 1 atom stereocenters. The van der Waals surface area contributed by atoms with Gasteiger partial charge >= 0.3 is 0 Å². The summed E-state index contributed by atoms with van der Waals surface area (Å²) in [4.78, 5) is 0. The fraction of sp³-hybridized carbons (Fsp3) is 0.455. The fourth-order valence-corrected chi connectivity index (χ4v) is 2.02. The SMILES string of the molecule is CC(C)OCC(O)c1cc(Cl)ccc1I. The summed E-state index contributed by atoms with van der Waals surface area (Å²) in [6.45, 7) is 4.18. The van der Waals surface area contributed by atoms with Gasteiger partial charge in [-0.2, -0.15) is 0 Å². The molecule has 0 fully saturated rings. The minimum Gasteiger partial charge on any atom is -0.386 e. The van der Waals surface area contributed by atoms with Gasteiger partial charge in [-0.05, 0) is 60.2 Å². The molecule has 1 N–H and O–H groups in total. The molecule has 15 heavy (non-hydrogen) atoms. The first-order chi connectivity index (χ1) is 7.00. The van der Waals surface area contributed by atoms with Crippen molar-refractivity contribution in [2.45, 2.75) is 26.1 Å². The Kier molecular flexibility index (Phi) is 5.32. The van der Waals surface area contributed by atoms with Crippen LogP contribution in [0.5, 0.6) is 0 Å². The van der Waals surface area contributed by atoms with E-state index in [2.05, 4.69) is 22.6 Å². The van der Waals surface area contributed by atoms with E-state index in [0.717, 1.165) is 9.13 Å². The van der Waals surface area contributed by atoms with Gasteiger partial charge in [-0.25, -0.2) is 0 Å². The van der Waals surface area contributed by atoms with Crippen LogP contribution in [-0.4, -0.2) is 17.8 Å². The molecule has 0 heterocycles. The van der Waals surface area contributed by atoms with Crippen molar-refractivity contribution in [3.8, 4) is 0 Å². The summed E-state index contributed by atoms with van der Waals surface area (Å²) < 4.78 is 6.35. The van der Waals surface area contributed by atoms with Crippen molar-refractivity contribution in [1.82, 2.24) is 0 Å². The second kappa shape index (κ2) is 6.03. The molecular weight excluding hydrogens is 326 g/mol. The maximum Gasteiger partial charge on any atom is 0.103 e. The summed E-state index contributed by atoms with van der Waals surface area (Å²) in [7, 11) is 0. The Labute approximate surface area is 109 Å². The zero-order chi connectivity index (χ0) is 11.4. The highest BCUT2D eigenvalue weighted by Gasteiger charge is 2.12. The van der Waals surface area contributed by atoms with Crippen LogP contribution in [0.1, 0.15) is 25.5 Å². The lowest BCUT2D eigenvalue weighted by Crippen LogP contribution is -2.12. The van der Waals surface area contributed by atoms with Crippen molar-refractivity contribution in [3.63, 3.8) is 0 Å². The third kappa shape index (κ3) is 4.26. The number of aliphatic hydroxyl groups is 1. The second-order valence-corrected chi connectivity index (χ2v) is 5.16. The standard InChI is InChI=1S/C11H14ClIO2/c1-7(2)15-6-11(14)9-5-8(12)3-4-10(9)13/h3-5,7,11,14H,6H2,1-2H3. The number of hydrogen-bond acceptors (Lipinski definition) is 2. The van der Waals surface area contributed by atoms with Crippen molar-refractivity contribution in [1.29, 1.82) is 0 Å². The van der Waals surface area contributed by atoms with Crippen LogP contribution in [0.15, 0.2) is 18.2 Å². The monoisotopic (exact) mass is 340 g/mol. The van der Waals surface area contributed by atoms with E-state index in [-0.39, 0.29) is 6.10 Å². The maximum atomic E-state index is 9.89. The van der Waals surface area contributed by atoms with E-state index in [1.807, 2.05) is 26.0 Å². The third-order valence-corrected chi connectivity index (χ3v) is 3.12. The molecule has 0 spiro atoms. The highest BCUT2D eigenvalue weighted by atomic mass is 127. The fourth-order valence-electron chi connectivity index (χ4n) is 1.14. The minimum absolute atomic E-state index is 0.122. The Balaban J connectivity index is 2.72. The molecule has 1 aromatic rings. The van der Waals surface area contributed by atoms with E-state index >= 15 is 0 Å². The van der Waals surface area contributed by atoms with Crippen LogP contribution < -0.4 is 0 Å². The predicted molar refractivity (Wildman–Crippen MR) is 70.2 cm³/mol. The van der Waals surface area contributed by atoms with E-state index in [4.69, 9.17) is 16.3 Å². The molecule has 2 nitrogen and oxygen atoms in total. The van der Waals surface area contributed by atoms with Crippen LogP contribution in [0.4, 0.5) is 0 Å². The number of rotatable bonds is 4. The number of benzene rings is 1. The molecule has 0 aliphatic heterocycles. The van der Waals surface area contributed by atoms with Crippen LogP contribution in [0.25, 0.3) is 0 Å². The van der Waals surface area contributed by atoms with Gasteiger partial charge in [0.05, 0.1) is 12.7 Å². The van der Waals surface area contributed by atoms with E-state index in [1.54, 1.807) is 6.07 Å². The predicted octanol–water partition coefficient (Wildman–Crippen LogP) is 3.40. The van der Waals surface area contributed by atoms with Gasteiger partial charge < -0.3 is 9.84 Å². The Morgan fingerprint density at radius 1 is 1.47 bits per heavy atom. The van der Waals surface area contributed by atoms with Crippen molar-refractivity contribution >= 4 is 34.2 Å². The molecule has 0 aliphatic carbocycles. The number of halogens is 2. The summed E-state index contributed by atoms with van der Waals surface area (Å²) in [5.74, 6) is 0. The van der Waals surface area contributed by atoms with Gasteiger partial charge in [0.2, 0.25) is 0 Å². The molecule has 0 aliphatic rings. The summed E-state index contributed by atoms with van der Waals surface area (Å²) >= 11 is 8.04. The van der Waals surface area contributed by atoms with E-state index in [9.17, 15) is 5.11 Å². The summed E-state index contributed by atoms with van der Waals surface area (Å²) in [6.07, 6.45) is -0.491. The van der Waals surface area contributed by atoms with E-state index in [0.29, 0.717) is 11.6 Å². The van der Waals surface area contributed by atoms with Gasteiger partial charge in [0.15, 0.2) is 0 Å². The molecule has 0 amide bonds. The summed E-state index contributed by atoms with van der Waals surface area (Å²) in [5.41, 5.74) is 0.823. The van der Waals surface area contributed by atoms with E-state index in [1.165, 1.54) is 0 Å². The van der Waals surface area contributed by atoms with Gasteiger partial charge in [0, 0.05) is 8.59 Å². The number of ether oxygens (including phenoxy) is 1. The van der Waals surface area contributed by atoms with Crippen LogP contribution in [0.2, 0.25) is 5.02 Å². The molecule has 0 bridgehead atoms. The second-order valence-electron chi connectivity index (χ2n) is 3.56. The van der Waals surface area contributed by atoms with Crippen LogP contribution >= 0.6 is 34.2 Å². The smallest absolute Gasteiger partial charge is 0.103 e. The quantitative estimate of drug-likeness (QED) is 0.851. The van der Waals surface area contributed by atoms with Crippen molar-refractivity contribution in [2.24, 2.45) is 0 Å². The normalized spacial score (nSPS) is 13.2. The Bertz CT molecular complexity index is 328. The lowest BCUT2D eigenvalue weighted by Gasteiger charge is -2.15. The Hall–Kier alpha value is 0.160. The van der Waals surface area contributed by atoms with Crippen molar-refractivity contribution in [2.75, 3.05) is 6.61 Å². The Morgan fingerprint density at radius 2 is 2.13 bits per heavy atom. The molecule has 0 saturated heterocycles. The molecule has 0 saturated carbocycles. The van der Waals surface area contributed by atoms with E-state index < -0.39 is 6.10 Å². The molecule has 1 unspecified atom stereocenters. The largest absolute Gasteiger partial charge is 0.386 e. The highest BCUT2D eigenvalue weighted by Crippen LogP contribution is 2.24. The van der Waals surface area contributed by atoms with Gasteiger partial charge in [0.25, 0.3) is 0 Å². The molecule has 4 heteroatoms. The van der Waals surface area contributed by atoms with Crippen LogP contribution in [0, 0.1) is 3.57 Å². The molecule has 1 rings (SSSR count). The highest BCUT2D eigenvalue weighted by molar-refractivity contribution is 14.1. The average Bonchev–Trinajstić information content (AvgIpc) is 2.18. The first-order valence-electron chi connectivity index (χ1n) is 4.75. The first kappa shape index (κ1) is 13.2. The van der Waals surface area contributed by atoms with Gasteiger partial charge in [0.1, 0.15) is 6.10 Å². The average molecular weight is 341 g/mol. The number of hydrogen-bond donors (Lipinski definition) is 1. The molecule has 0 radical (unpaired) electrons. The number of aliphatic hydroxyl groups excluding tert-OH is 1. The zero-order valence-electron chi connectivity index (χ0n) is 8.71. The first-order valence-corrected chi connectivity index (χ1v) is 6.21. The molecule has 1 aromatic carbocycles. The zero-order valence-corrected chi connectivity index (χ0v) is 11.6. The molecule has 0 aromatic heterocycles. The lowest BCUT2D eigenvalue weighted by atomic mass is 10.1. The van der Waals surface area contributed by atoms with Crippen LogP contribution in [0.3, 0.4) is 0 Å². The maximum absolute atomic E-state index is 9.89.